The molecule has 0 unspecified atom stereocenters. The third kappa shape index (κ3) is 4.16. The molecule has 2 aromatic heterocycles. The number of carboxylic acids is 1. The van der Waals surface area contributed by atoms with E-state index in [4.69, 9.17) is 9.52 Å². The maximum Gasteiger partial charge on any atom is 0.305 e. The van der Waals surface area contributed by atoms with Gasteiger partial charge in [-0.25, -0.2) is 4.98 Å². The molecule has 0 fully saturated rings. The normalized spacial score (nSPS) is 10.5. The van der Waals surface area contributed by atoms with Crippen molar-refractivity contribution in [2.75, 3.05) is 13.1 Å². The van der Waals surface area contributed by atoms with Crippen LogP contribution in [0.15, 0.2) is 28.4 Å². The number of carbonyl (C=O) groups is 2. The van der Waals surface area contributed by atoms with Crippen LogP contribution in [0.2, 0.25) is 0 Å². The van der Waals surface area contributed by atoms with Crippen molar-refractivity contribution in [3.05, 3.63) is 29.7 Å². The number of nitrogens with zero attached hydrogens (tertiary/aromatic N) is 2. The number of carbonyl (C=O) groups excluding carboxylic acids is 1. The average molecular weight is 308 g/mol. The minimum atomic E-state index is -0.905. The Morgan fingerprint density at radius 1 is 1.48 bits per heavy atom. The average Bonchev–Trinajstić information content (AvgIpc) is 3.09. The molecule has 21 heavy (non-hydrogen) atoms. The van der Waals surface area contributed by atoms with Gasteiger partial charge in [0.1, 0.15) is 11.3 Å². The molecule has 0 aliphatic rings. The highest BCUT2D eigenvalue weighted by Crippen LogP contribution is 2.24. The number of rotatable bonds is 7. The maximum atomic E-state index is 12.1. The summed E-state index contributed by atoms with van der Waals surface area (Å²) < 4.78 is 5.01. The molecular formula is C14H16N2O4S. The predicted octanol–water partition coefficient (Wildman–Crippen LogP) is 2.27. The molecule has 0 radical (unpaired) electrons. The fourth-order valence-electron chi connectivity index (χ4n) is 1.86. The number of furan rings is 1. The monoisotopic (exact) mass is 308 g/mol. The lowest BCUT2D eigenvalue weighted by Crippen LogP contribution is -2.34. The summed E-state index contributed by atoms with van der Waals surface area (Å²) in [7, 11) is 0. The molecule has 0 atom stereocenters. The Labute approximate surface area is 126 Å². The molecule has 0 spiro atoms. The molecule has 2 heterocycles. The molecule has 0 aliphatic heterocycles. The number of likely N-dealkylation sites (N-methyl/N-ethyl adjacent to an activating group) is 1. The Morgan fingerprint density at radius 3 is 2.90 bits per heavy atom. The molecule has 0 aliphatic carbocycles. The van der Waals surface area contributed by atoms with E-state index in [0.29, 0.717) is 12.2 Å². The molecule has 0 saturated heterocycles. The second kappa shape index (κ2) is 7.03. The molecule has 0 bridgehead atoms. The van der Waals surface area contributed by atoms with E-state index in [1.807, 2.05) is 18.4 Å². The lowest BCUT2D eigenvalue weighted by atomic mass is 10.2. The summed E-state index contributed by atoms with van der Waals surface area (Å²) in [5.74, 6) is -1.01. The molecule has 6 nitrogen and oxygen atoms in total. The Balaban J connectivity index is 1.97. The van der Waals surface area contributed by atoms with Gasteiger partial charge in [0.25, 0.3) is 0 Å². The largest absolute Gasteiger partial charge is 0.481 e. The van der Waals surface area contributed by atoms with Gasteiger partial charge in [-0.2, -0.15) is 0 Å². The smallest absolute Gasteiger partial charge is 0.305 e. The van der Waals surface area contributed by atoms with Crippen LogP contribution in [0, 0.1) is 0 Å². The molecule has 1 amide bonds. The minimum absolute atomic E-state index is 0.0447. The van der Waals surface area contributed by atoms with E-state index in [1.54, 1.807) is 12.5 Å². The van der Waals surface area contributed by atoms with Crippen LogP contribution >= 0.6 is 11.3 Å². The van der Waals surface area contributed by atoms with Gasteiger partial charge < -0.3 is 14.4 Å². The number of hydrogen-bond donors (Lipinski definition) is 1. The fourth-order valence-corrected chi connectivity index (χ4v) is 2.67. The first-order valence-electron chi connectivity index (χ1n) is 6.56. The second-order valence-corrected chi connectivity index (χ2v) is 5.31. The van der Waals surface area contributed by atoms with Crippen LogP contribution in [0.3, 0.4) is 0 Å². The quantitative estimate of drug-likeness (QED) is 0.848. The fraction of sp³-hybridized carbons (Fsp3) is 0.357. The van der Waals surface area contributed by atoms with Gasteiger partial charge >= 0.3 is 5.97 Å². The molecule has 2 rings (SSSR count). The number of aliphatic carboxylic acids is 1. The van der Waals surface area contributed by atoms with Gasteiger partial charge in [0.2, 0.25) is 5.91 Å². The van der Waals surface area contributed by atoms with Gasteiger partial charge in [-0.3, -0.25) is 9.59 Å². The molecule has 112 valence electrons. The van der Waals surface area contributed by atoms with E-state index in [9.17, 15) is 9.59 Å². The Bertz CT molecular complexity index is 606. The third-order valence-electron chi connectivity index (χ3n) is 2.98. The van der Waals surface area contributed by atoms with Crippen LogP contribution in [0.5, 0.6) is 0 Å². The summed E-state index contributed by atoms with van der Waals surface area (Å²) in [5.41, 5.74) is 1.58. The van der Waals surface area contributed by atoms with E-state index >= 15 is 0 Å². The number of hydrogen-bond acceptors (Lipinski definition) is 5. The van der Waals surface area contributed by atoms with Gasteiger partial charge in [-0.1, -0.05) is 0 Å². The molecule has 1 N–H and O–H groups in total. The summed E-state index contributed by atoms with van der Waals surface area (Å²) in [4.78, 5) is 28.6. The van der Waals surface area contributed by atoms with E-state index < -0.39 is 5.97 Å². The molecular weight excluding hydrogens is 292 g/mol. The summed E-state index contributed by atoms with van der Waals surface area (Å²) >= 11 is 1.45. The van der Waals surface area contributed by atoms with Crippen molar-refractivity contribution >= 4 is 23.2 Å². The van der Waals surface area contributed by atoms with E-state index in [0.717, 1.165) is 10.6 Å². The Morgan fingerprint density at radius 2 is 2.29 bits per heavy atom. The first-order chi connectivity index (χ1) is 10.1. The molecule has 0 aromatic carbocycles. The number of carboxylic acid groups (broad SMARTS) is 1. The summed E-state index contributed by atoms with van der Waals surface area (Å²) in [6.07, 6.45) is 3.32. The van der Waals surface area contributed by atoms with Crippen LogP contribution in [0.4, 0.5) is 0 Å². The van der Waals surface area contributed by atoms with Crippen molar-refractivity contribution in [3.63, 3.8) is 0 Å². The SMILES string of the molecule is CCN(CCC(=O)O)C(=O)Cc1csc(-c2ccoc2)n1. The molecule has 0 saturated carbocycles. The number of thiazole rings is 1. The van der Waals surface area contributed by atoms with Crippen LogP contribution in [0.25, 0.3) is 10.6 Å². The summed E-state index contributed by atoms with van der Waals surface area (Å²) in [5, 5.41) is 11.3. The van der Waals surface area contributed by atoms with Crippen molar-refractivity contribution in [1.82, 2.24) is 9.88 Å². The zero-order valence-electron chi connectivity index (χ0n) is 11.6. The maximum absolute atomic E-state index is 12.1. The molecule has 7 heteroatoms. The van der Waals surface area contributed by atoms with Crippen molar-refractivity contribution in [2.45, 2.75) is 19.8 Å². The Kier molecular flexibility index (Phi) is 5.10. The molecule has 2 aromatic rings. The zero-order chi connectivity index (χ0) is 15.2. The van der Waals surface area contributed by atoms with Gasteiger partial charge in [0.15, 0.2) is 0 Å². The van der Waals surface area contributed by atoms with Gasteiger partial charge in [0, 0.05) is 24.0 Å². The number of aromatic nitrogens is 1. The lowest BCUT2D eigenvalue weighted by molar-refractivity contribution is -0.138. The first-order valence-corrected chi connectivity index (χ1v) is 7.44. The summed E-state index contributed by atoms with van der Waals surface area (Å²) in [6, 6.07) is 1.82. The summed E-state index contributed by atoms with van der Waals surface area (Å²) in [6.45, 7) is 2.55. The minimum Gasteiger partial charge on any atom is -0.481 e. The van der Waals surface area contributed by atoms with Gasteiger partial charge in [0.05, 0.1) is 24.8 Å². The predicted molar refractivity (Wildman–Crippen MR) is 78.0 cm³/mol. The van der Waals surface area contributed by atoms with Crippen molar-refractivity contribution < 1.29 is 19.1 Å². The van der Waals surface area contributed by atoms with E-state index in [-0.39, 0.29) is 25.3 Å². The van der Waals surface area contributed by atoms with Crippen LogP contribution < -0.4 is 0 Å². The topological polar surface area (TPSA) is 83.6 Å². The van der Waals surface area contributed by atoms with Gasteiger partial charge in [-0.05, 0) is 13.0 Å². The number of amides is 1. The van der Waals surface area contributed by atoms with E-state index in [2.05, 4.69) is 4.98 Å². The lowest BCUT2D eigenvalue weighted by Gasteiger charge is -2.19. The van der Waals surface area contributed by atoms with Crippen LogP contribution in [-0.4, -0.2) is 40.0 Å². The zero-order valence-corrected chi connectivity index (χ0v) is 12.4. The standard InChI is InChI=1S/C14H16N2O4S/c1-2-16(5-3-13(18)19)12(17)7-11-9-21-14(15-11)10-4-6-20-8-10/h4,6,8-9H,2-3,5,7H2,1H3,(H,18,19). The van der Waals surface area contributed by atoms with Crippen molar-refractivity contribution in [1.29, 1.82) is 0 Å². The van der Waals surface area contributed by atoms with Crippen LogP contribution in [-0.2, 0) is 16.0 Å². The van der Waals surface area contributed by atoms with Gasteiger partial charge in [-0.15, -0.1) is 11.3 Å². The highest BCUT2D eigenvalue weighted by Gasteiger charge is 2.15. The van der Waals surface area contributed by atoms with Crippen LogP contribution in [0.1, 0.15) is 19.0 Å². The highest BCUT2D eigenvalue weighted by molar-refractivity contribution is 7.13. The van der Waals surface area contributed by atoms with Crippen molar-refractivity contribution in [2.24, 2.45) is 0 Å². The third-order valence-corrected chi connectivity index (χ3v) is 3.92. The highest BCUT2D eigenvalue weighted by atomic mass is 32.1. The van der Waals surface area contributed by atoms with E-state index in [1.165, 1.54) is 16.2 Å². The first kappa shape index (κ1) is 15.2. The Hall–Kier alpha value is -2.15. The van der Waals surface area contributed by atoms with Crippen molar-refractivity contribution in [3.8, 4) is 10.6 Å². The second-order valence-electron chi connectivity index (χ2n) is 4.45.